The quantitative estimate of drug-likeness (QED) is 0.913. The number of aromatic carboxylic acids is 1. The van der Waals surface area contributed by atoms with Gasteiger partial charge in [0.2, 0.25) is 0 Å². The van der Waals surface area contributed by atoms with Crippen LogP contribution in [0.3, 0.4) is 0 Å². The third kappa shape index (κ3) is 2.49. The van der Waals surface area contributed by atoms with Crippen LogP contribution in [0.4, 0.5) is 0 Å². The zero-order chi connectivity index (χ0) is 13.8. The number of rotatable bonds is 4. The Morgan fingerprint density at radius 3 is 2.58 bits per heavy atom. The Hall–Kier alpha value is -2.56. The Labute approximate surface area is 110 Å². The average Bonchev–Trinajstić information content (AvgIpc) is 2.46. The lowest BCUT2D eigenvalue weighted by atomic mass is 10.00. The SMILES string of the molecule is COc1ccc(C(=O)O)c(-c2cnccc2OC)c1. The van der Waals surface area contributed by atoms with Crippen LogP contribution in [0.5, 0.6) is 11.5 Å². The van der Waals surface area contributed by atoms with Gasteiger partial charge in [0.1, 0.15) is 11.5 Å². The maximum Gasteiger partial charge on any atom is 0.336 e. The van der Waals surface area contributed by atoms with Crippen molar-refractivity contribution in [2.45, 2.75) is 0 Å². The Balaban J connectivity index is 2.68. The van der Waals surface area contributed by atoms with Crippen molar-refractivity contribution in [1.29, 1.82) is 0 Å². The summed E-state index contributed by atoms with van der Waals surface area (Å²) >= 11 is 0. The summed E-state index contributed by atoms with van der Waals surface area (Å²) in [7, 11) is 3.06. The van der Waals surface area contributed by atoms with E-state index in [4.69, 9.17) is 9.47 Å². The summed E-state index contributed by atoms with van der Waals surface area (Å²) in [6.45, 7) is 0. The van der Waals surface area contributed by atoms with Gasteiger partial charge in [-0.05, 0) is 24.3 Å². The molecular weight excluding hydrogens is 246 g/mol. The predicted molar refractivity (Wildman–Crippen MR) is 69.7 cm³/mol. The van der Waals surface area contributed by atoms with Gasteiger partial charge in [0.15, 0.2) is 0 Å². The van der Waals surface area contributed by atoms with Crippen LogP contribution in [0.1, 0.15) is 10.4 Å². The normalized spacial score (nSPS) is 10.0. The van der Waals surface area contributed by atoms with Crippen LogP contribution >= 0.6 is 0 Å². The molecule has 0 unspecified atom stereocenters. The number of hydrogen-bond acceptors (Lipinski definition) is 4. The monoisotopic (exact) mass is 259 g/mol. The number of aromatic nitrogens is 1. The fourth-order valence-corrected chi connectivity index (χ4v) is 1.82. The molecule has 2 aromatic rings. The highest BCUT2D eigenvalue weighted by atomic mass is 16.5. The number of carboxylic acid groups (broad SMARTS) is 1. The van der Waals surface area contributed by atoms with E-state index in [0.717, 1.165) is 0 Å². The van der Waals surface area contributed by atoms with E-state index < -0.39 is 5.97 Å². The second kappa shape index (κ2) is 5.39. The van der Waals surface area contributed by atoms with Crippen LogP contribution in [0, 0.1) is 0 Å². The number of carbonyl (C=O) groups is 1. The maximum atomic E-state index is 11.3. The molecule has 2 rings (SSSR count). The van der Waals surface area contributed by atoms with Crippen LogP contribution in [-0.2, 0) is 0 Å². The molecule has 0 aliphatic heterocycles. The summed E-state index contributed by atoms with van der Waals surface area (Å²) < 4.78 is 10.4. The average molecular weight is 259 g/mol. The molecule has 0 saturated heterocycles. The fraction of sp³-hybridized carbons (Fsp3) is 0.143. The van der Waals surface area contributed by atoms with Gasteiger partial charge in [-0.3, -0.25) is 4.98 Å². The molecule has 0 amide bonds. The fourth-order valence-electron chi connectivity index (χ4n) is 1.82. The van der Waals surface area contributed by atoms with Gasteiger partial charge < -0.3 is 14.6 Å². The third-order valence-corrected chi connectivity index (χ3v) is 2.75. The Morgan fingerprint density at radius 1 is 1.16 bits per heavy atom. The van der Waals surface area contributed by atoms with Crippen LogP contribution in [-0.4, -0.2) is 30.3 Å². The molecule has 1 heterocycles. The van der Waals surface area contributed by atoms with Crippen molar-refractivity contribution < 1.29 is 19.4 Å². The van der Waals surface area contributed by atoms with Crippen molar-refractivity contribution in [3.63, 3.8) is 0 Å². The van der Waals surface area contributed by atoms with E-state index >= 15 is 0 Å². The maximum absolute atomic E-state index is 11.3. The molecule has 0 spiro atoms. The van der Waals surface area contributed by atoms with Gasteiger partial charge in [-0.1, -0.05) is 0 Å². The van der Waals surface area contributed by atoms with E-state index in [1.165, 1.54) is 20.3 Å². The highest BCUT2D eigenvalue weighted by Crippen LogP contribution is 2.33. The molecule has 98 valence electrons. The molecule has 0 saturated carbocycles. The Bertz CT molecular complexity index is 610. The van der Waals surface area contributed by atoms with Gasteiger partial charge >= 0.3 is 5.97 Å². The van der Waals surface area contributed by atoms with E-state index in [1.807, 2.05) is 0 Å². The van der Waals surface area contributed by atoms with Crippen molar-refractivity contribution in [2.75, 3.05) is 14.2 Å². The van der Waals surface area contributed by atoms with Crippen molar-refractivity contribution in [3.05, 3.63) is 42.2 Å². The summed E-state index contributed by atoms with van der Waals surface area (Å²) in [4.78, 5) is 15.3. The van der Waals surface area contributed by atoms with Crippen LogP contribution in [0.15, 0.2) is 36.7 Å². The molecule has 19 heavy (non-hydrogen) atoms. The van der Waals surface area contributed by atoms with Crippen molar-refractivity contribution in [3.8, 4) is 22.6 Å². The minimum absolute atomic E-state index is 0.173. The Morgan fingerprint density at radius 2 is 1.95 bits per heavy atom. The second-order valence-electron chi connectivity index (χ2n) is 3.79. The molecule has 0 atom stereocenters. The lowest BCUT2D eigenvalue weighted by molar-refractivity contribution is 0.0697. The molecule has 0 radical (unpaired) electrons. The van der Waals surface area contributed by atoms with E-state index in [2.05, 4.69) is 4.98 Å². The standard InChI is InChI=1S/C14H13NO4/c1-18-9-3-4-10(14(16)17)11(7-9)12-8-15-6-5-13(12)19-2/h3-8H,1-2H3,(H,16,17). The summed E-state index contributed by atoms with van der Waals surface area (Å²) in [5.74, 6) is 0.125. The summed E-state index contributed by atoms with van der Waals surface area (Å²) in [6, 6.07) is 6.45. The summed E-state index contributed by atoms with van der Waals surface area (Å²) in [6.07, 6.45) is 3.16. The van der Waals surface area contributed by atoms with E-state index in [9.17, 15) is 9.90 Å². The highest BCUT2D eigenvalue weighted by molar-refractivity contribution is 5.97. The molecule has 1 aromatic carbocycles. The van der Waals surface area contributed by atoms with Gasteiger partial charge in [0.25, 0.3) is 0 Å². The van der Waals surface area contributed by atoms with Gasteiger partial charge in [-0.25, -0.2) is 4.79 Å². The topological polar surface area (TPSA) is 68.7 Å². The molecule has 5 heteroatoms. The number of carboxylic acids is 1. The van der Waals surface area contributed by atoms with Crippen LogP contribution < -0.4 is 9.47 Å². The predicted octanol–water partition coefficient (Wildman–Crippen LogP) is 2.46. The van der Waals surface area contributed by atoms with Gasteiger partial charge in [-0.2, -0.15) is 0 Å². The van der Waals surface area contributed by atoms with Crippen molar-refractivity contribution in [1.82, 2.24) is 4.98 Å². The molecule has 1 aromatic heterocycles. The van der Waals surface area contributed by atoms with Gasteiger partial charge in [0, 0.05) is 23.5 Å². The first-order chi connectivity index (χ1) is 9.17. The Kier molecular flexibility index (Phi) is 3.66. The van der Waals surface area contributed by atoms with Crippen LogP contribution in [0.2, 0.25) is 0 Å². The number of ether oxygens (including phenoxy) is 2. The number of benzene rings is 1. The largest absolute Gasteiger partial charge is 0.497 e. The van der Waals surface area contributed by atoms with E-state index in [0.29, 0.717) is 22.6 Å². The summed E-state index contributed by atoms with van der Waals surface area (Å²) in [5, 5.41) is 9.25. The molecule has 0 aliphatic rings. The molecule has 5 nitrogen and oxygen atoms in total. The molecule has 1 N–H and O–H groups in total. The van der Waals surface area contributed by atoms with Crippen molar-refractivity contribution in [2.24, 2.45) is 0 Å². The minimum Gasteiger partial charge on any atom is -0.497 e. The molecule has 0 aliphatic carbocycles. The zero-order valence-corrected chi connectivity index (χ0v) is 10.6. The van der Waals surface area contributed by atoms with E-state index in [1.54, 1.807) is 30.6 Å². The van der Waals surface area contributed by atoms with E-state index in [-0.39, 0.29) is 5.56 Å². The number of pyridine rings is 1. The zero-order valence-electron chi connectivity index (χ0n) is 10.6. The van der Waals surface area contributed by atoms with Crippen LogP contribution in [0.25, 0.3) is 11.1 Å². The third-order valence-electron chi connectivity index (χ3n) is 2.75. The van der Waals surface area contributed by atoms with Gasteiger partial charge in [0.05, 0.1) is 19.8 Å². The second-order valence-corrected chi connectivity index (χ2v) is 3.79. The number of methoxy groups -OCH3 is 2. The smallest absolute Gasteiger partial charge is 0.336 e. The molecule has 0 bridgehead atoms. The molecule has 0 fully saturated rings. The first kappa shape index (κ1) is 12.9. The number of hydrogen-bond donors (Lipinski definition) is 1. The lowest BCUT2D eigenvalue weighted by Gasteiger charge is -2.11. The summed E-state index contributed by atoms with van der Waals surface area (Å²) in [5.41, 5.74) is 1.30. The first-order valence-corrected chi connectivity index (χ1v) is 5.57. The molecular formula is C14H13NO4. The lowest BCUT2D eigenvalue weighted by Crippen LogP contribution is -2.01. The first-order valence-electron chi connectivity index (χ1n) is 5.57. The van der Waals surface area contributed by atoms with Crippen molar-refractivity contribution >= 4 is 5.97 Å². The highest BCUT2D eigenvalue weighted by Gasteiger charge is 2.16. The number of nitrogens with zero attached hydrogens (tertiary/aromatic N) is 1. The van der Waals surface area contributed by atoms with Gasteiger partial charge in [-0.15, -0.1) is 0 Å². The minimum atomic E-state index is -1.01.